The summed E-state index contributed by atoms with van der Waals surface area (Å²) in [7, 11) is 0. The van der Waals surface area contributed by atoms with Crippen molar-refractivity contribution in [1.82, 2.24) is 0 Å². The standard InChI is InChI=1S/C25H27ClO8/c1-4-31-19-8-5-16(6-9-19)11-18-12-17(7-10-20(18)26)24-23(30)25(33-15(3)28)22(29)21(34-24)13-32-14(2)27/h5-10,12,21,23-25,30H,4,11,13H2,1-3H3/t21-,23-,24+,25+/m1/s1. The number of Topliss-reactive ketones (excluding diaryl/α,β-unsaturated/α-hetero) is 1. The summed E-state index contributed by atoms with van der Waals surface area (Å²) in [4.78, 5) is 35.5. The topological polar surface area (TPSA) is 108 Å². The van der Waals surface area contributed by atoms with Crippen molar-refractivity contribution in [3.8, 4) is 5.75 Å². The average Bonchev–Trinajstić information content (AvgIpc) is 2.79. The van der Waals surface area contributed by atoms with E-state index >= 15 is 0 Å². The molecular weight excluding hydrogens is 464 g/mol. The number of esters is 2. The summed E-state index contributed by atoms with van der Waals surface area (Å²) in [5, 5.41) is 11.4. The second-order valence-corrected chi connectivity index (χ2v) is 8.28. The quantitative estimate of drug-likeness (QED) is 0.562. The number of halogens is 1. The first-order valence-corrected chi connectivity index (χ1v) is 11.2. The number of carbonyl (C=O) groups excluding carboxylic acids is 3. The summed E-state index contributed by atoms with van der Waals surface area (Å²) in [6.45, 7) is 4.48. The maximum Gasteiger partial charge on any atom is 0.303 e. The van der Waals surface area contributed by atoms with Crippen molar-refractivity contribution in [3.63, 3.8) is 0 Å². The molecule has 0 amide bonds. The van der Waals surface area contributed by atoms with Gasteiger partial charge in [-0.3, -0.25) is 14.4 Å². The zero-order chi connectivity index (χ0) is 24.8. The van der Waals surface area contributed by atoms with Crippen molar-refractivity contribution < 1.29 is 38.4 Å². The van der Waals surface area contributed by atoms with Crippen LogP contribution in [0.3, 0.4) is 0 Å². The minimum Gasteiger partial charge on any atom is -0.494 e. The summed E-state index contributed by atoms with van der Waals surface area (Å²) in [5.74, 6) is -1.22. The SMILES string of the molecule is CCOc1ccc(Cc2cc([C@@H]3O[C@H](COC(C)=O)C(=O)[C@H](OC(C)=O)[C@@H]3O)ccc2Cl)cc1. The van der Waals surface area contributed by atoms with Crippen LogP contribution in [0.4, 0.5) is 0 Å². The maximum atomic E-state index is 12.7. The number of hydrogen-bond donors (Lipinski definition) is 1. The highest BCUT2D eigenvalue weighted by molar-refractivity contribution is 6.31. The molecule has 0 unspecified atom stereocenters. The normalized spacial score (nSPS) is 22.2. The lowest BCUT2D eigenvalue weighted by Crippen LogP contribution is -2.54. The molecule has 1 heterocycles. The molecule has 1 aliphatic heterocycles. The summed E-state index contributed by atoms with van der Waals surface area (Å²) >= 11 is 6.43. The van der Waals surface area contributed by atoms with Crippen LogP contribution in [0, 0.1) is 0 Å². The Morgan fingerprint density at radius 1 is 1.09 bits per heavy atom. The van der Waals surface area contributed by atoms with Crippen LogP contribution in [-0.4, -0.2) is 54.4 Å². The molecule has 1 fully saturated rings. The van der Waals surface area contributed by atoms with Crippen LogP contribution in [0.1, 0.15) is 43.6 Å². The lowest BCUT2D eigenvalue weighted by atomic mass is 9.90. The van der Waals surface area contributed by atoms with E-state index in [1.165, 1.54) is 6.92 Å². The molecule has 182 valence electrons. The van der Waals surface area contributed by atoms with E-state index in [0.29, 0.717) is 23.6 Å². The molecular formula is C25H27ClO8. The smallest absolute Gasteiger partial charge is 0.303 e. The van der Waals surface area contributed by atoms with Crippen LogP contribution in [-0.2, 0) is 35.0 Å². The van der Waals surface area contributed by atoms with E-state index in [1.807, 2.05) is 31.2 Å². The fourth-order valence-electron chi connectivity index (χ4n) is 3.73. The number of ether oxygens (including phenoxy) is 4. The molecule has 2 aromatic carbocycles. The first-order chi connectivity index (χ1) is 16.2. The first kappa shape index (κ1) is 25.7. The van der Waals surface area contributed by atoms with E-state index in [4.69, 9.17) is 30.5 Å². The Labute approximate surface area is 202 Å². The minimum absolute atomic E-state index is 0.359. The van der Waals surface area contributed by atoms with Crippen LogP contribution in [0.5, 0.6) is 5.75 Å². The van der Waals surface area contributed by atoms with Crippen LogP contribution in [0.15, 0.2) is 42.5 Å². The van der Waals surface area contributed by atoms with Gasteiger partial charge in [-0.2, -0.15) is 0 Å². The number of benzene rings is 2. The Bertz CT molecular complexity index is 1040. The molecule has 9 heteroatoms. The van der Waals surface area contributed by atoms with E-state index in [2.05, 4.69) is 0 Å². The van der Waals surface area contributed by atoms with Crippen LogP contribution in [0.25, 0.3) is 0 Å². The number of aliphatic hydroxyl groups is 1. The molecule has 0 aliphatic carbocycles. The highest BCUT2D eigenvalue weighted by Gasteiger charge is 2.47. The zero-order valence-electron chi connectivity index (χ0n) is 19.2. The number of carbonyl (C=O) groups is 3. The predicted molar refractivity (Wildman–Crippen MR) is 123 cm³/mol. The van der Waals surface area contributed by atoms with Crippen molar-refractivity contribution in [3.05, 3.63) is 64.2 Å². The Hall–Kier alpha value is -2.94. The Balaban J connectivity index is 1.87. The lowest BCUT2D eigenvalue weighted by Gasteiger charge is -2.37. The van der Waals surface area contributed by atoms with Gasteiger partial charge in [0.1, 0.15) is 24.6 Å². The van der Waals surface area contributed by atoms with Crippen molar-refractivity contribution in [2.75, 3.05) is 13.2 Å². The molecule has 4 atom stereocenters. The zero-order valence-corrected chi connectivity index (χ0v) is 19.9. The van der Waals surface area contributed by atoms with E-state index in [0.717, 1.165) is 23.8 Å². The van der Waals surface area contributed by atoms with Gasteiger partial charge in [0.2, 0.25) is 5.78 Å². The van der Waals surface area contributed by atoms with Gasteiger partial charge in [0.15, 0.2) is 12.2 Å². The van der Waals surface area contributed by atoms with Crippen LogP contribution in [0.2, 0.25) is 5.02 Å². The number of rotatable bonds is 8. The number of hydrogen-bond acceptors (Lipinski definition) is 8. The molecule has 0 spiro atoms. The average molecular weight is 491 g/mol. The molecule has 1 aliphatic rings. The molecule has 0 aromatic heterocycles. The molecule has 34 heavy (non-hydrogen) atoms. The monoisotopic (exact) mass is 490 g/mol. The van der Waals surface area contributed by atoms with Gasteiger partial charge in [-0.1, -0.05) is 35.9 Å². The third kappa shape index (κ3) is 6.34. The maximum absolute atomic E-state index is 12.7. The molecule has 2 aromatic rings. The number of aliphatic hydroxyl groups excluding tert-OH is 1. The Morgan fingerprint density at radius 3 is 2.41 bits per heavy atom. The van der Waals surface area contributed by atoms with Crippen molar-refractivity contribution in [2.24, 2.45) is 0 Å². The molecule has 0 saturated carbocycles. The lowest BCUT2D eigenvalue weighted by molar-refractivity contribution is -0.201. The van der Waals surface area contributed by atoms with Crippen LogP contribution >= 0.6 is 11.6 Å². The largest absolute Gasteiger partial charge is 0.494 e. The van der Waals surface area contributed by atoms with E-state index in [9.17, 15) is 19.5 Å². The molecule has 0 bridgehead atoms. The third-order valence-electron chi connectivity index (χ3n) is 5.29. The van der Waals surface area contributed by atoms with Gasteiger partial charge in [0.05, 0.1) is 6.61 Å². The van der Waals surface area contributed by atoms with Gasteiger partial charge in [0.25, 0.3) is 0 Å². The molecule has 8 nitrogen and oxygen atoms in total. The molecule has 1 N–H and O–H groups in total. The van der Waals surface area contributed by atoms with Gasteiger partial charge < -0.3 is 24.1 Å². The fraction of sp³-hybridized carbons (Fsp3) is 0.400. The first-order valence-electron chi connectivity index (χ1n) is 10.9. The van der Waals surface area contributed by atoms with Crippen LogP contribution < -0.4 is 4.74 Å². The van der Waals surface area contributed by atoms with E-state index < -0.39 is 42.1 Å². The van der Waals surface area contributed by atoms with Gasteiger partial charge in [-0.15, -0.1) is 0 Å². The van der Waals surface area contributed by atoms with Crippen molar-refractivity contribution in [2.45, 2.75) is 51.6 Å². The Kier molecular flexibility index (Phi) is 8.66. The van der Waals surface area contributed by atoms with Gasteiger partial charge >= 0.3 is 11.9 Å². The minimum atomic E-state index is -1.46. The summed E-state index contributed by atoms with van der Waals surface area (Å²) in [6.07, 6.45) is -4.62. The number of ketones is 1. The van der Waals surface area contributed by atoms with E-state index in [-0.39, 0.29) is 6.61 Å². The second-order valence-electron chi connectivity index (χ2n) is 7.88. The van der Waals surface area contributed by atoms with Gasteiger partial charge in [-0.25, -0.2) is 0 Å². The molecule has 1 saturated heterocycles. The highest BCUT2D eigenvalue weighted by atomic mass is 35.5. The molecule has 0 radical (unpaired) electrons. The van der Waals surface area contributed by atoms with Crippen molar-refractivity contribution >= 4 is 29.3 Å². The highest BCUT2D eigenvalue weighted by Crippen LogP contribution is 2.34. The van der Waals surface area contributed by atoms with Crippen molar-refractivity contribution in [1.29, 1.82) is 0 Å². The third-order valence-corrected chi connectivity index (χ3v) is 5.66. The van der Waals surface area contributed by atoms with Gasteiger partial charge in [-0.05, 0) is 48.2 Å². The molecule has 3 rings (SSSR count). The fourth-order valence-corrected chi connectivity index (χ4v) is 3.91. The second kappa shape index (κ2) is 11.5. The van der Waals surface area contributed by atoms with E-state index in [1.54, 1.807) is 18.2 Å². The summed E-state index contributed by atoms with van der Waals surface area (Å²) < 4.78 is 21.3. The summed E-state index contributed by atoms with van der Waals surface area (Å²) in [5.41, 5.74) is 2.31. The predicted octanol–water partition coefficient (Wildman–Crippen LogP) is 3.19. The Morgan fingerprint density at radius 2 is 1.79 bits per heavy atom. The summed E-state index contributed by atoms with van der Waals surface area (Å²) in [6, 6.07) is 12.7. The van der Waals surface area contributed by atoms with Gasteiger partial charge in [0, 0.05) is 18.9 Å².